The monoisotopic (exact) mass is 248 g/mol. The smallest absolute Gasteiger partial charge is 0.303 e. The third-order valence-electron chi connectivity index (χ3n) is 3.42. The van der Waals surface area contributed by atoms with Gasteiger partial charge in [-0.15, -0.1) is 0 Å². The van der Waals surface area contributed by atoms with E-state index in [4.69, 9.17) is 9.84 Å². The van der Waals surface area contributed by atoms with Crippen molar-refractivity contribution in [3.63, 3.8) is 0 Å². The van der Waals surface area contributed by atoms with Crippen LogP contribution in [-0.2, 0) is 11.2 Å². The highest BCUT2D eigenvalue weighted by Gasteiger charge is 2.27. The lowest BCUT2D eigenvalue weighted by molar-refractivity contribution is -0.137. The third kappa shape index (κ3) is 2.53. The number of aliphatic carboxylic acids is 1. The summed E-state index contributed by atoms with van der Waals surface area (Å²) < 4.78 is 5.13. The lowest BCUT2D eigenvalue weighted by Crippen LogP contribution is -2.23. The van der Waals surface area contributed by atoms with Gasteiger partial charge in [0.15, 0.2) is 5.78 Å². The second kappa shape index (κ2) is 5.21. The SMILES string of the molecule is COc1ccc2c(c1)CC[C@@H](CCC(=O)O)C2=O. The number of hydrogen-bond donors (Lipinski definition) is 1. The molecule has 1 aromatic carbocycles. The van der Waals surface area contributed by atoms with Crippen molar-refractivity contribution < 1.29 is 19.4 Å². The summed E-state index contributed by atoms with van der Waals surface area (Å²) in [5.41, 5.74) is 1.73. The van der Waals surface area contributed by atoms with Gasteiger partial charge in [0.1, 0.15) is 5.75 Å². The maximum Gasteiger partial charge on any atom is 0.303 e. The lowest BCUT2D eigenvalue weighted by atomic mass is 9.80. The molecule has 0 heterocycles. The fourth-order valence-corrected chi connectivity index (χ4v) is 2.40. The fraction of sp³-hybridized carbons (Fsp3) is 0.429. The van der Waals surface area contributed by atoms with Crippen molar-refractivity contribution in [2.45, 2.75) is 25.7 Å². The van der Waals surface area contributed by atoms with Crippen LogP contribution in [0.25, 0.3) is 0 Å². The standard InChI is InChI=1S/C14H16O4/c1-18-11-5-6-12-10(8-11)3-2-9(14(12)17)4-7-13(15)16/h5-6,8-9H,2-4,7H2,1H3,(H,15,16)/t9-/m0/s1. The normalized spacial score (nSPS) is 18.3. The van der Waals surface area contributed by atoms with Gasteiger partial charge < -0.3 is 9.84 Å². The number of aryl methyl sites for hydroxylation is 1. The van der Waals surface area contributed by atoms with Crippen molar-refractivity contribution in [3.05, 3.63) is 29.3 Å². The van der Waals surface area contributed by atoms with E-state index in [1.54, 1.807) is 19.2 Å². The molecule has 1 aromatic rings. The molecule has 0 saturated carbocycles. The van der Waals surface area contributed by atoms with Crippen molar-refractivity contribution in [1.29, 1.82) is 0 Å². The number of Topliss-reactive ketones (excluding diaryl/α,β-unsaturated/α-hetero) is 1. The van der Waals surface area contributed by atoms with Crippen LogP contribution in [0.2, 0.25) is 0 Å². The highest BCUT2D eigenvalue weighted by molar-refractivity contribution is 6.00. The summed E-state index contributed by atoms with van der Waals surface area (Å²) in [6.45, 7) is 0. The molecule has 0 saturated heterocycles. The highest BCUT2D eigenvalue weighted by atomic mass is 16.5. The molecule has 4 nitrogen and oxygen atoms in total. The van der Waals surface area contributed by atoms with E-state index in [0.29, 0.717) is 6.42 Å². The van der Waals surface area contributed by atoms with Crippen LogP contribution in [0.15, 0.2) is 18.2 Å². The molecule has 0 spiro atoms. The van der Waals surface area contributed by atoms with Crippen molar-refractivity contribution in [1.82, 2.24) is 0 Å². The van der Waals surface area contributed by atoms with Crippen molar-refractivity contribution in [2.24, 2.45) is 5.92 Å². The molecule has 1 N–H and O–H groups in total. The Hall–Kier alpha value is -1.84. The molecule has 0 aliphatic heterocycles. The Kier molecular flexibility index (Phi) is 3.65. The van der Waals surface area contributed by atoms with Gasteiger partial charge in [0.25, 0.3) is 0 Å². The van der Waals surface area contributed by atoms with Crippen LogP contribution in [0.3, 0.4) is 0 Å². The first-order valence-electron chi connectivity index (χ1n) is 6.04. The van der Waals surface area contributed by atoms with Crippen LogP contribution in [-0.4, -0.2) is 24.0 Å². The minimum atomic E-state index is -0.844. The quantitative estimate of drug-likeness (QED) is 0.888. The molecule has 1 aliphatic rings. The zero-order valence-electron chi connectivity index (χ0n) is 10.3. The lowest BCUT2D eigenvalue weighted by Gasteiger charge is -2.23. The Morgan fingerprint density at radius 3 is 2.94 bits per heavy atom. The van der Waals surface area contributed by atoms with Crippen LogP contribution in [0.1, 0.15) is 35.2 Å². The van der Waals surface area contributed by atoms with Crippen LogP contribution >= 0.6 is 0 Å². The molecule has 96 valence electrons. The van der Waals surface area contributed by atoms with Gasteiger partial charge in [-0.3, -0.25) is 9.59 Å². The van der Waals surface area contributed by atoms with Gasteiger partial charge in [-0.25, -0.2) is 0 Å². The number of carbonyl (C=O) groups excluding carboxylic acids is 1. The van der Waals surface area contributed by atoms with Crippen molar-refractivity contribution >= 4 is 11.8 Å². The molecule has 0 radical (unpaired) electrons. The number of carboxylic acid groups (broad SMARTS) is 1. The summed E-state index contributed by atoms with van der Waals surface area (Å²) in [5.74, 6) is -0.170. The van der Waals surface area contributed by atoms with E-state index < -0.39 is 5.97 Å². The van der Waals surface area contributed by atoms with E-state index in [9.17, 15) is 9.59 Å². The van der Waals surface area contributed by atoms with E-state index in [-0.39, 0.29) is 18.1 Å². The van der Waals surface area contributed by atoms with E-state index in [1.807, 2.05) is 6.07 Å². The summed E-state index contributed by atoms with van der Waals surface area (Å²) in [4.78, 5) is 22.7. The molecule has 0 bridgehead atoms. The molecule has 4 heteroatoms. The summed E-state index contributed by atoms with van der Waals surface area (Å²) in [7, 11) is 1.60. The zero-order chi connectivity index (χ0) is 13.1. The largest absolute Gasteiger partial charge is 0.497 e. The van der Waals surface area contributed by atoms with Gasteiger partial charge >= 0.3 is 5.97 Å². The molecule has 0 amide bonds. The van der Waals surface area contributed by atoms with Crippen molar-refractivity contribution in [2.75, 3.05) is 7.11 Å². The van der Waals surface area contributed by atoms with E-state index in [0.717, 1.165) is 29.7 Å². The van der Waals surface area contributed by atoms with E-state index >= 15 is 0 Å². The number of carbonyl (C=O) groups is 2. The predicted molar refractivity (Wildman–Crippen MR) is 66.0 cm³/mol. The molecule has 18 heavy (non-hydrogen) atoms. The molecule has 1 aliphatic carbocycles. The van der Waals surface area contributed by atoms with Crippen molar-refractivity contribution in [3.8, 4) is 5.75 Å². The number of methoxy groups -OCH3 is 1. The van der Waals surface area contributed by atoms with Gasteiger partial charge in [0.2, 0.25) is 0 Å². The molecule has 1 atom stereocenters. The topological polar surface area (TPSA) is 63.6 Å². The van der Waals surface area contributed by atoms with Crippen LogP contribution in [0.5, 0.6) is 5.75 Å². The number of carboxylic acids is 1. The van der Waals surface area contributed by atoms with Gasteiger partial charge in [0.05, 0.1) is 7.11 Å². The summed E-state index contributed by atoms with van der Waals surface area (Å²) >= 11 is 0. The molecular weight excluding hydrogens is 232 g/mol. The fourth-order valence-electron chi connectivity index (χ4n) is 2.40. The number of hydrogen-bond acceptors (Lipinski definition) is 3. The average Bonchev–Trinajstić information content (AvgIpc) is 2.37. The average molecular weight is 248 g/mol. The Labute approximate surface area is 106 Å². The third-order valence-corrected chi connectivity index (χ3v) is 3.42. The van der Waals surface area contributed by atoms with Crippen LogP contribution in [0, 0.1) is 5.92 Å². The van der Waals surface area contributed by atoms with Gasteiger partial charge in [0, 0.05) is 17.9 Å². The summed E-state index contributed by atoms with van der Waals surface area (Å²) in [6, 6.07) is 5.44. The minimum absolute atomic E-state index is 0.0574. The Morgan fingerprint density at radius 1 is 1.50 bits per heavy atom. The number of benzene rings is 1. The van der Waals surface area contributed by atoms with Crippen LogP contribution < -0.4 is 4.74 Å². The van der Waals surface area contributed by atoms with Gasteiger partial charge in [-0.2, -0.15) is 0 Å². The van der Waals surface area contributed by atoms with Crippen LogP contribution in [0.4, 0.5) is 0 Å². The van der Waals surface area contributed by atoms with Gasteiger partial charge in [-0.05, 0) is 43.0 Å². The molecule has 0 fully saturated rings. The zero-order valence-corrected chi connectivity index (χ0v) is 10.3. The predicted octanol–water partition coefficient (Wildman–Crippen LogP) is 2.31. The maximum atomic E-state index is 12.2. The summed E-state index contributed by atoms with van der Waals surface area (Å²) in [6.07, 6.45) is 2.02. The first-order chi connectivity index (χ1) is 8.61. The summed E-state index contributed by atoms with van der Waals surface area (Å²) in [5, 5.41) is 8.67. The first-order valence-corrected chi connectivity index (χ1v) is 6.04. The number of ether oxygens (including phenoxy) is 1. The second-order valence-corrected chi connectivity index (χ2v) is 4.56. The van der Waals surface area contributed by atoms with E-state index in [1.165, 1.54) is 0 Å². The number of rotatable bonds is 4. The molecule has 0 unspecified atom stereocenters. The van der Waals surface area contributed by atoms with E-state index in [2.05, 4.69) is 0 Å². The molecular formula is C14H16O4. The van der Waals surface area contributed by atoms with Gasteiger partial charge in [-0.1, -0.05) is 0 Å². The Bertz CT molecular complexity index is 479. The minimum Gasteiger partial charge on any atom is -0.497 e. The Morgan fingerprint density at radius 2 is 2.28 bits per heavy atom. The Balaban J connectivity index is 2.15. The molecule has 2 rings (SSSR count). The highest BCUT2D eigenvalue weighted by Crippen LogP contribution is 2.30. The first kappa shape index (κ1) is 12.6. The number of fused-ring (bicyclic) bond motifs is 1. The second-order valence-electron chi connectivity index (χ2n) is 4.56. The maximum absolute atomic E-state index is 12.2. The number of ketones is 1. The molecule has 0 aromatic heterocycles.